The number of alkyl halides is 3. The van der Waals surface area contributed by atoms with Gasteiger partial charge in [0.15, 0.2) is 0 Å². The fourth-order valence-electron chi connectivity index (χ4n) is 3.58. The topological polar surface area (TPSA) is 30.3 Å². The maximum atomic E-state index is 13.6. The van der Waals surface area contributed by atoms with E-state index >= 15 is 0 Å². The van der Waals surface area contributed by atoms with Crippen molar-refractivity contribution in [3.63, 3.8) is 0 Å². The highest BCUT2D eigenvalue weighted by molar-refractivity contribution is 5.79. The normalized spacial score (nSPS) is 18.0. The third-order valence-corrected chi connectivity index (χ3v) is 4.96. The first kappa shape index (κ1) is 18.7. The molecule has 1 aromatic heterocycles. The van der Waals surface area contributed by atoms with Crippen molar-refractivity contribution in [2.24, 2.45) is 7.05 Å². The molecule has 0 radical (unpaired) electrons. The lowest BCUT2D eigenvalue weighted by molar-refractivity contribution is -0.137. The van der Waals surface area contributed by atoms with E-state index in [1.807, 2.05) is 29.8 Å². The predicted molar refractivity (Wildman–Crippen MR) is 97.8 cm³/mol. The molecule has 8 heteroatoms. The first-order chi connectivity index (χ1) is 13.3. The summed E-state index contributed by atoms with van der Waals surface area (Å²) in [5.74, 6) is -0.890. The average molecular weight is 393 g/mol. The van der Waals surface area contributed by atoms with E-state index in [0.29, 0.717) is 25.8 Å². The second kappa shape index (κ2) is 7.09. The van der Waals surface area contributed by atoms with Crippen LogP contribution in [0.25, 0.3) is 11.0 Å². The van der Waals surface area contributed by atoms with E-state index in [1.54, 1.807) is 6.33 Å². The Morgan fingerprint density at radius 3 is 2.79 bits per heavy atom. The number of hydrogen-bond acceptors (Lipinski definition) is 3. The third-order valence-electron chi connectivity index (χ3n) is 4.96. The van der Waals surface area contributed by atoms with Gasteiger partial charge in [0.05, 0.1) is 35.6 Å². The fraction of sp³-hybridized carbons (Fsp3) is 0.350. The van der Waals surface area contributed by atoms with Gasteiger partial charge in [-0.3, -0.25) is 0 Å². The van der Waals surface area contributed by atoms with Crippen molar-refractivity contribution in [2.45, 2.75) is 18.7 Å². The number of anilines is 1. The standard InChI is InChI=1S/C20H19F4N3O/c1-26-12-25-18-3-2-16(10-19(18)26)27-4-5-28-17(11-27)8-13-6-14(20(22,23)24)9-15(21)7-13/h2-3,6-7,9-10,12,17H,4-5,8,11H2,1H3/t17-/m1/s1. The van der Waals surface area contributed by atoms with Crippen molar-refractivity contribution < 1.29 is 22.3 Å². The highest BCUT2D eigenvalue weighted by Crippen LogP contribution is 2.31. The Balaban J connectivity index is 1.52. The Morgan fingerprint density at radius 2 is 2.00 bits per heavy atom. The van der Waals surface area contributed by atoms with Crippen molar-refractivity contribution in [3.8, 4) is 0 Å². The van der Waals surface area contributed by atoms with Crippen LogP contribution in [0.5, 0.6) is 0 Å². The molecule has 1 atom stereocenters. The first-order valence-corrected chi connectivity index (χ1v) is 8.94. The van der Waals surface area contributed by atoms with Crippen LogP contribution in [0.2, 0.25) is 0 Å². The van der Waals surface area contributed by atoms with Gasteiger partial charge in [-0.15, -0.1) is 0 Å². The number of imidazole rings is 1. The molecule has 1 fully saturated rings. The average Bonchev–Trinajstić information content (AvgIpc) is 3.01. The van der Waals surface area contributed by atoms with Crippen LogP contribution in [0.3, 0.4) is 0 Å². The molecule has 0 aliphatic carbocycles. The molecule has 0 bridgehead atoms. The number of nitrogens with zero attached hydrogens (tertiary/aromatic N) is 3. The lowest BCUT2D eigenvalue weighted by Gasteiger charge is -2.34. The number of halogens is 4. The van der Waals surface area contributed by atoms with Gasteiger partial charge in [-0.2, -0.15) is 13.2 Å². The lowest BCUT2D eigenvalue weighted by atomic mass is 10.0. The Morgan fingerprint density at radius 1 is 1.18 bits per heavy atom. The van der Waals surface area contributed by atoms with Crippen molar-refractivity contribution in [2.75, 3.05) is 24.6 Å². The minimum absolute atomic E-state index is 0.214. The third kappa shape index (κ3) is 3.82. The lowest BCUT2D eigenvalue weighted by Crippen LogP contribution is -2.43. The fourth-order valence-corrected chi connectivity index (χ4v) is 3.58. The van der Waals surface area contributed by atoms with Gasteiger partial charge >= 0.3 is 6.18 Å². The summed E-state index contributed by atoms with van der Waals surface area (Å²) in [4.78, 5) is 6.43. The van der Waals surface area contributed by atoms with Gasteiger partial charge in [0.1, 0.15) is 5.82 Å². The summed E-state index contributed by atoms with van der Waals surface area (Å²) in [5.41, 5.74) is 2.20. The van der Waals surface area contributed by atoms with Crippen molar-refractivity contribution in [3.05, 3.63) is 59.7 Å². The Labute approximate surface area is 159 Å². The van der Waals surface area contributed by atoms with Crippen LogP contribution >= 0.6 is 0 Å². The quantitative estimate of drug-likeness (QED) is 0.626. The maximum absolute atomic E-state index is 13.6. The van der Waals surface area contributed by atoms with Gasteiger partial charge < -0.3 is 14.2 Å². The molecule has 0 saturated carbocycles. The number of morpholine rings is 1. The highest BCUT2D eigenvalue weighted by atomic mass is 19.4. The van der Waals surface area contributed by atoms with Crippen molar-refractivity contribution in [1.29, 1.82) is 0 Å². The second-order valence-corrected chi connectivity index (χ2v) is 7.02. The van der Waals surface area contributed by atoms with Gasteiger partial charge in [0, 0.05) is 32.2 Å². The van der Waals surface area contributed by atoms with Crippen molar-refractivity contribution in [1.82, 2.24) is 9.55 Å². The van der Waals surface area contributed by atoms with Crippen LogP contribution in [-0.2, 0) is 24.4 Å². The van der Waals surface area contributed by atoms with Crippen LogP contribution in [-0.4, -0.2) is 35.4 Å². The number of benzene rings is 2. The first-order valence-electron chi connectivity index (χ1n) is 8.94. The minimum atomic E-state index is -4.57. The van der Waals surface area contributed by atoms with Gasteiger partial charge in [0.2, 0.25) is 0 Å². The zero-order valence-electron chi connectivity index (χ0n) is 15.2. The van der Waals surface area contributed by atoms with E-state index in [0.717, 1.165) is 28.9 Å². The molecule has 1 saturated heterocycles. The summed E-state index contributed by atoms with van der Waals surface area (Å²) in [6.07, 6.45) is -2.93. The summed E-state index contributed by atoms with van der Waals surface area (Å²) in [7, 11) is 1.92. The molecule has 3 aromatic rings. The smallest absolute Gasteiger partial charge is 0.374 e. The molecule has 0 N–H and O–H groups in total. The summed E-state index contributed by atoms with van der Waals surface area (Å²) >= 11 is 0. The van der Waals surface area contributed by atoms with E-state index in [-0.39, 0.29) is 18.1 Å². The predicted octanol–water partition coefficient (Wildman–Crippen LogP) is 4.18. The molecular weight excluding hydrogens is 374 g/mol. The monoisotopic (exact) mass is 393 g/mol. The van der Waals surface area contributed by atoms with Gasteiger partial charge in [0.25, 0.3) is 0 Å². The number of aryl methyl sites for hydroxylation is 1. The van der Waals surface area contributed by atoms with Gasteiger partial charge in [-0.05, 0) is 42.0 Å². The van der Waals surface area contributed by atoms with Gasteiger partial charge in [-0.25, -0.2) is 9.37 Å². The second-order valence-electron chi connectivity index (χ2n) is 7.02. The van der Waals surface area contributed by atoms with Crippen LogP contribution in [0.1, 0.15) is 11.1 Å². The van der Waals surface area contributed by atoms with E-state index in [4.69, 9.17) is 4.74 Å². The van der Waals surface area contributed by atoms with Crippen LogP contribution < -0.4 is 4.90 Å². The van der Waals surface area contributed by atoms with Crippen LogP contribution in [0.4, 0.5) is 23.2 Å². The summed E-state index contributed by atoms with van der Waals surface area (Å²) in [5, 5.41) is 0. The number of hydrogen-bond donors (Lipinski definition) is 0. The van der Waals surface area contributed by atoms with E-state index in [1.165, 1.54) is 0 Å². The summed E-state index contributed by atoms with van der Waals surface area (Å²) < 4.78 is 60.1. The summed E-state index contributed by atoms with van der Waals surface area (Å²) in [6, 6.07) is 8.60. The zero-order chi connectivity index (χ0) is 19.9. The molecular formula is C20H19F4N3O. The molecule has 2 aromatic carbocycles. The Bertz CT molecular complexity index is 999. The van der Waals surface area contributed by atoms with E-state index in [2.05, 4.69) is 9.88 Å². The molecule has 4 nitrogen and oxygen atoms in total. The molecule has 0 amide bonds. The molecule has 1 aliphatic rings. The number of aromatic nitrogens is 2. The SMILES string of the molecule is Cn1cnc2ccc(N3CCO[C@H](Cc4cc(F)cc(C(F)(F)F)c4)C3)cc21. The molecule has 4 rings (SSSR count). The maximum Gasteiger partial charge on any atom is 0.416 e. The van der Waals surface area contributed by atoms with Crippen LogP contribution in [0.15, 0.2) is 42.7 Å². The Kier molecular flexibility index (Phi) is 4.74. The van der Waals surface area contributed by atoms with E-state index < -0.39 is 17.6 Å². The largest absolute Gasteiger partial charge is 0.416 e. The molecule has 1 aliphatic heterocycles. The van der Waals surface area contributed by atoms with E-state index in [9.17, 15) is 17.6 Å². The number of rotatable bonds is 3. The number of fused-ring (bicyclic) bond motifs is 1. The van der Waals surface area contributed by atoms with Crippen molar-refractivity contribution >= 4 is 16.7 Å². The molecule has 0 spiro atoms. The Hall–Kier alpha value is -2.61. The van der Waals surface area contributed by atoms with Gasteiger partial charge in [-0.1, -0.05) is 0 Å². The zero-order valence-corrected chi connectivity index (χ0v) is 15.2. The molecule has 148 valence electrons. The molecule has 28 heavy (non-hydrogen) atoms. The van der Waals surface area contributed by atoms with Crippen LogP contribution in [0, 0.1) is 5.82 Å². The highest BCUT2D eigenvalue weighted by Gasteiger charge is 2.32. The number of ether oxygens (including phenoxy) is 1. The molecule has 2 heterocycles. The summed E-state index contributed by atoms with van der Waals surface area (Å²) in [6.45, 7) is 1.65. The minimum Gasteiger partial charge on any atom is -0.374 e. The molecule has 0 unspecified atom stereocenters.